The summed E-state index contributed by atoms with van der Waals surface area (Å²) in [6, 6.07) is 2.57. The highest BCUT2D eigenvalue weighted by molar-refractivity contribution is 5.84. The number of pyridine rings is 1. The predicted molar refractivity (Wildman–Crippen MR) is 79.8 cm³/mol. The van der Waals surface area contributed by atoms with E-state index in [0.29, 0.717) is 5.69 Å². The summed E-state index contributed by atoms with van der Waals surface area (Å²) in [6.07, 6.45) is -5.04. The smallest absolute Gasteiger partial charge is 0.503 e. The number of halogens is 4. The zero-order valence-corrected chi connectivity index (χ0v) is 12.9. The number of alkyl halides is 3. The quantitative estimate of drug-likeness (QED) is 0.691. The van der Waals surface area contributed by atoms with Gasteiger partial charge >= 0.3 is 6.36 Å². The number of hydrogen-bond acceptors (Lipinski definition) is 4. The maximum absolute atomic E-state index is 13.9. The second kappa shape index (κ2) is 5.50. The lowest BCUT2D eigenvalue weighted by molar-refractivity contribution is -0.275. The van der Waals surface area contributed by atoms with Crippen LogP contribution in [0.1, 0.15) is 5.69 Å². The molecule has 2 heterocycles. The van der Waals surface area contributed by atoms with Gasteiger partial charge in [0.1, 0.15) is 5.65 Å². The molecule has 0 amide bonds. The minimum absolute atomic E-state index is 0.0256. The summed E-state index contributed by atoms with van der Waals surface area (Å²) in [7, 11) is 1.56. The van der Waals surface area contributed by atoms with Gasteiger partial charge in [0, 0.05) is 12.6 Å². The summed E-state index contributed by atoms with van der Waals surface area (Å²) in [5.41, 5.74) is -0.210. The van der Waals surface area contributed by atoms with Crippen LogP contribution in [0, 0.1) is 12.7 Å². The molecule has 3 aromatic rings. The molecule has 0 spiro atoms. The van der Waals surface area contributed by atoms with Crippen molar-refractivity contribution in [1.82, 2.24) is 14.8 Å². The molecule has 0 aliphatic heterocycles. The van der Waals surface area contributed by atoms with Crippen molar-refractivity contribution in [3.05, 3.63) is 39.9 Å². The Kier molecular flexibility index (Phi) is 3.70. The van der Waals surface area contributed by atoms with Gasteiger partial charge in [0.25, 0.3) is 0 Å². The van der Waals surface area contributed by atoms with E-state index in [1.807, 2.05) is 0 Å². The van der Waals surface area contributed by atoms with Crippen molar-refractivity contribution in [1.29, 1.82) is 0 Å². The van der Waals surface area contributed by atoms with Crippen molar-refractivity contribution in [3.63, 3.8) is 0 Å². The summed E-state index contributed by atoms with van der Waals surface area (Å²) < 4.78 is 55.4. The van der Waals surface area contributed by atoms with Crippen LogP contribution in [0.5, 0.6) is 11.5 Å². The third-order valence-electron chi connectivity index (χ3n) is 3.59. The van der Waals surface area contributed by atoms with Crippen LogP contribution in [-0.2, 0) is 7.05 Å². The molecule has 6 nitrogen and oxygen atoms in total. The molecule has 0 unspecified atom stereocenters. The standard InChI is InChI=1S/C15H11F4N3O3/c1-6-10-12(23)13(24)11(20-14(10)22(2)21-6)7-3-4-9(8(16)5-7)25-15(17,18)19/h3-5,24H,1-2H3,(H,20,23). The van der Waals surface area contributed by atoms with Crippen LogP contribution in [0.25, 0.3) is 22.3 Å². The molecule has 10 heteroatoms. The fourth-order valence-corrected chi connectivity index (χ4v) is 2.56. The van der Waals surface area contributed by atoms with Gasteiger partial charge in [-0.25, -0.2) is 4.39 Å². The van der Waals surface area contributed by atoms with Crippen molar-refractivity contribution >= 4 is 11.0 Å². The maximum atomic E-state index is 13.9. The van der Waals surface area contributed by atoms with Crippen molar-refractivity contribution in [2.45, 2.75) is 13.3 Å². The largest absolute Gasteiger partial charge is 0.573 e. The number of nitrogens with zero attached hydrogens (tertiary/aromatic N) is 2. The fraction of sp³-hybridized carbons (Fsp3) is 0.200. The molecule has 2 aromatic heterocycles. The number of aromatic nitrogens is 3. The van der Waals surface area contributed by atoms with Gasteiger partial charge in [0.2, 0.25) is 5.43 Å². The minimum atomic E-state index is -5.04. The van der Waals surface area contributed by atoms with Gasteiger partial charge in [0.15, 0.2) is 17.3 Å². The fourth-order valence-electron chi connectivity index (χ4n) is 2.56. The molecule has 0 aliphatic carbocycles. The number of fused-ring (bicyclic) bond motifs is 1. The van der Waals surface area contributed by atoms with Gasteiger partial charge in [0.05, 0.1) is 16.8 Å². The average molecular weight is 357 g/mol. The molecule has 3 rings (SSSR count). The molecule has 2 N–H and O–H groups in total. The van der Waals surface area contributed by atoms with E-state index in [1.165, 1.54) is 4.68 Å². The molecular formula is C15H11F4N3O3. The predicted octanol–water partition coefficient (Wildman–Crippen LogP) is 2.98. The summed E-state index contributed by atoms with van der Waals surface area (Å²) in [5.74, 6) is -3.00. The highest BCUT2D eigenvalue weighted by Gasteiger charge is 2.32. The first-order valence-corrected chi connectivity index (χ1v) is 6.92. The molecule has 0 bridgehead atoms. The highest BCUT2D eigenvalue weighted by Crippen LogP contribution is 2.32. The normalized spacial score (nSPS) is 11.9. The number of aromatic hydroxyl groups is 1. The molecule has 0 atom stereocenters. The number of nitrogens with one attached hydrogen (secondary N) is 1. The Morgan fingerprint density at radius 1 is 1.32 bits per heavy atom. The second-order valence-corrected chi connectivity index (χ2v) is 5.30. The molecule has 1 aromatic carbocycles. The van der Waals surface area contributed by atoms with Gasteiger partial charge < -0.3 is 14.8 Å². The Morgan fingerprint density at radius 2 is 2.00 bits per heavy atom. The number of aromatic amines is 1. The van der Waals surface area contributed by atoms with Crippen molar-refractivity contribution in [2.75, 3.05) is 0 Å². The summed E-state index contributed by atoms with van der Waals surface area (Å²) in [5, 5.41) is 14.3. The van der Waals surface area contributed by atoms with Crippen molar-refractivity contribution in [2.24, 2.45) is 7.05 Å². The van der Waals surface area contributed by atoms with E-state index in [1.54, 1.807) is 14.0 Å². The Balaban J connectivity index is 2.17. The van der Waals surface area contributed by atoms with E-state index in [4.69, 9.17) is 0 Å². The molecule has 0 radical (unpaired) electrons. The van der Waals surface area contributed by atoms with Crippen molar-refractivity contribution < 1.29 is 27.4 Å². The zero-order chi connectivity index (χ0) is 18.5. The highest BCUT2D eigenvalue weighted by atomic mass is 19.4. The molecule has 25 heavy (non-hydrogen) atoms. The third-order valence-corrected chi connectivity index (χ3v) is 3.59. The van der Waals surface area contributed by atoms with E-state index in [9.17, 15) is 27.5 Å². The molecule has 0 fully saturated rings. The Morgan fingerprint density at radius 3 is 2.60 bits per heavy atom. The minimum Gasteiger partial charge on any atom is -0.503 e. The van der Waals surface area contributed by atoms with Crippen LogP contribution < -0.4 is 10.2 Å². The first-order chi connectivity index (χ1) is 11.6. The first-order valence-electron chi connectivity index (χ1n) is 6.92. The second-order valence-electron chi connectivity index (χ2n) is 5.30. The van der Waals surface area contributed by atoms with Gasteiger partial charge in [-0.2, -0.15) is 5.10 Å². The van der Waals surface area contributed by atoms with Gasteiger partial charge in [-0.15, -0.1) is 13.2 Å². The van der Waals surface area contributed by atoms with Crippen molar-refractivity contribution in [3.8, 4) is 22.8 Å². The summed E-state index contributed by atoms with van der Waals surface area (Å²) >= 11 is 0. The van der Waals surface area contributed by atoms with Gasteiger partial charge in [-0.1, -0.05) is 0 Å². The maximum Gasteiger partial charge on any atom is 0.573 e. The van der Waals surface area contributed by atoms with Crippen LogP contribution in [0.2, 0.25) is 0 Å². The van der Waals surface area contributed by atoms with Gasteiger partial charge in [-0.05, 0) is 25.1 Å². The lowest BCUT2D eigenvalue weighted by atomic mass is 10.1. The van der Waals surface area contributed by atoms with Crippen LogP contribution in [0.15, 0.2) is 23.0 Å². The first kappa shape index (κ1) is 16.8. The van der Waals surface area contributed by atoms with E-state index < -0.39 is 29.1 Å². The number of benzene rings is 1. The van der Waals surface area contributed by atoms with Crippen LogP contribution in [0.3, 0.4) is 0 Å². The van der Waals surface area contributed by atoms with Gasteiger partial charge in [-0.3, -0.25) is 9.48 Å². The number of aryl methyl sites for hydroxylation is 2. The van der Waals surface area contributed by atoms with E-state index in [2.05, 4.69) is 14.8 Å². The monoisotopic (exact) mass is 357 g/mol. The third kappa shape index (κ3) is 2.90. The van der Waals surface area contributed by atoms with Crippen LogP contribution >= 0.6 is 0 Å². The SMILES string of the molecule is Cc1nn(C)c2[nH]c(-c3ccc(OC(F)(F)F)c(F)c3)c(O)c(=O)c12. The zero-order valence-electron chi connectivity index (χ0n) is 12.9. The lowest BCUT2D eigenvalue weighted by Crippen LogP contribution is -2.18. The number of H-pyrrole nitrogens is 1. The molecular weight excluding hydrogens is 346 g/mol. The topological polar surface area (TPSA) is 80.1 Å². The summed E-state index contributed by atoms with van der Waals surface area (Å²) in [4.78, 5) is 15.1. The molecule has 0 saturated heterocycles. The van der Waals surface area contributed by atoms with Crippen LogP contribution in [0.4, 0.5) is 17.6 Å². The van der Waals surface area contributed by atoms with E-state index in [-0.39, 0.29) is 22.3 Å². The summed E-state index contributed by atoms with van der Waals surface area (Å²) in [6.45, 7) is 1.58. The van der Waals surface area contributed by atoms with Crippen LogP contribution in [-0.4, -0.2) is 26.2 Å². The number of rotatable bonds is 2. The Bertz CT molecular complexity index is 1040. The lowest BCUT2D eigenvalue weighted by Gasteiger charge is -2.11. The van der Waals surface area contributed by atoms with E-state index in [0.717, 1.165) is 18.2 Å². The molecule has 0 aliphatic rings. The Labute approximate surface area is 137 Å². The van der Waals surface area contributed by atoms with E-state index >= 15 is 0 Å². The molecule has 0 saturated carbocycles. The Hall–Kier alpha value is -3.04. The number of ether oxygens (including phenoxy) is 1. The molecule has 132 valence electrons. The average Bonchev–Trinajstić information content (AvgIpc) is 2.78. The number of hydrogen-bond donors (Lipinski definition) is 2.